The first-order valence-corrected chi connectivity index (χ1v) is 8.59. The van der Waals surface area contributed by atoms with Gasteiger partial charge in [0.1, 0.15) is 0 Å². The topological polar surface area (TPSA) is 57.1 Å². The summed E-state index contributed by atoms with van der Waals surface area (Å²) >= 11 is 5.92. The zero-order chi connectivity index (χ0) is 17.2. The van der Waals surface area contributed by atoms with Gasteiger partial charge in [-0.15, -0.1) is 0 Å². The van der Waals surface area contributed by atoms with E-state index in [4.69, 9.17) is 11.6 Å². The Morgan fingerprint density at radius 1 is 1.20 bits per heavy atom. The number of nitrogens with one attached hydrogen (secondary N) is 1. The van der Waals surface area contributed by atoms with Crippen LogP contribution in [0.3, 0.4) is 0 Å². The van der Waals surface area contributed by atoms with E-state index in [9.17, 15) is 4.79 Å². The van der Waals surface area contributed by atoms with Gasteiger partial charge in [-0.25, -0.2) is 10.0 Å². The van der Waals surface area contributed by atoms with Crippen LogP contribution < -0.4 is 5.32 Å². The third-order valence-electron chi connectivity index (χ3n) is 4.39. The summed E-state index contributed by atoms with van der Waals surface area (Å²) in [5.74, 6) is 0.775. The molecule has 2 aromatic carbocycles. The molecule has 2 aromatic rings. The normalized spacial score (nSPS) is 18.5. The second-order valence-electron chi connectivity index (χ2n) is 6.00. The molecule has 0 fully saturated rings. The first-order chi connectivity index (χ1) is 12.2. The number of hydrogen-bond acceptors (Lipinski definition) is 5. The van der Waals surface area contributed by atoms with Gasteiger partial charge in [0.25, 0.3) is 0 Å². The van der Waals surface area contributed by atoms with Crippen LogP contribution in [0.25, 0.3) is 0 Å². The Labute approximate surface area is 151 Å². The predicted molar refractivity (Wildman–Crippen MR) is 99.3 cm³/mol. The molecule has 6 heteroatoms. The maximum Gasteiger partial charge on any atom is 0.215 e. The second kappa shape index (κ2) is 6.69. The van der Waals surface area contributed by atoms with Crippen LogP contribution in [0.1, 0.15) is 33.9 Å². The number of benzene rings is 2. The van der Waals surface area contributed by atoms with Crippen LogP contribution in [0.2, 0.25) is 5.02 Å². The van der Waals surface area contributed by atoms with Gasteiger partial charge in [-0.2, -0.15) is 5.10 Å². The maximum absolute atomic E-state index is 12.8. The van der Waals surface area contributed by atoms with Crippen LogP contribution in [-0.4, -0.2) is 36.1 Å². The minimum Gasteiger partial charge on any atom is -0.353 e. The molecule has 5 nitrogen and oxygen atoms in total. The Hall–Kier alpha value is -2.66. The smallest absolute Gasteiger partial charge is 0.215 e. The van der Waals surface area contributed by atoms with Gasteiger partial charge in [0.05, 0.1) is 18.8 Å². The molecule has 0 aliphatic carbocycles. The van der Waals surface area contributed by atoms with E-state index in [1.807, 2.05) is 35.5 Å². The number of fused-ring (bicyclic) bond motifs is 1. The van der Waals surface area contributed by atoms with Gasteiger partial charge in [-0.1, -0.05) is 35.9 Å². The third-order valence-corrected chi connectivity index (χ3v) is 4.64. The van der Waals surface area contributed by atoms with E-state index in [2.05, 4.69) is 15.4 Å². The number of ketones is 1. The van der Waals surface area contributed by atoms with Crippen LogP contribution in [0, 0.1) is 0 Å². The van der Waals surface area contributed by atoms with Gasteiger partial charge in [0.2, 0.25) is 5.96 Å². The van der Waals surface area contributed by atoms with Crippen molar-refractivity contribution in [2.45, 2.75) is 12.5 Å². The number of nitrogens with zero attached hydrogens (tertiary/aromatic N) is 3. The zero-order valence-corrected chi connectivity index (χ0v) is 14.3. The molecular weight excluding hydrogens is 336 g/mol. The minimum absolute atomic E-state index is 0.0529. The fourth-order valence-corrected chi connectivity index (χ4v) is 3.26. The highest BCUT2D eigenvalue weighted by molar-refractivity contribution is 6.30. The summed E-state index contributed by atoms with van der Waals surface area (Å²) in [5, 5.41) is 10.2. The molecule has 1 unspecified atom stereocenters. The van der Waals surface area contributed by atoms with Gasteiger partial charge in [0.15, 0.2) is 5.78 Å². The van der Waals surface area contributed by atoms with Crippen molar-refractivity contribution in [3.63, 3.8) is 0 Å². The average Bonchev–Trinajstić information content (AvgIpc) is 3.17. The Morgan fingerprint density at radius 2 is 2.00 bits per heavy atom. The number of guanidine groups is 1. The summed E-state index contributed by atoms with van der Waals surface area (Å²) in [6, 6.07) is 14.8. The molecule has 0 amide bonds. The van der Waals surface area contributed by atoms with Crippen molar-refractivity contribution in [1.29, 1.82) is 0 Å². The van der Waals surface area contributed by atoms with Crippen molar-refractivity contribution < 1.29 is 4.79 Å². The molecule has 0 saturated carbocycles. The second-order valence-corrected chi connectivity index (χ2v) is 6.44. The molecule has 1 atom stereocenters. The Morgan fingerprint density at radius 3 is 2.76 bits per heavy atom. The molecule has 0 spiro atoms. The largest absolute Gasteiger partial charge is 0.353 e. The Kier molecular flexibility index (Phi) is 4.24. The van der Waals surface area contributed by atoms with Crippen molar-refractivity contribution in [3.05, 3.63) is 70.2 Å². The number of aliphatic imine (C=N–C) groups is 1. The predicted octanol–water partition coefficient (Wildman–Crippen LogP) is 3.26. The van der Waals surface area contributed by atoms with Gasteiger partial charge in [-0.3, -0.25) is 4.79 Å². The van der Waals surface area contributed by atoms with E-state index in [-0.39, 0.29) is 11.8 Å². The number of halogens is 1. The van der Waals surface area contributed by atoms with Gasteiger partial charge in [0, 0.05) is 23.6 Å². The highest BCUT2D eigenvalue weighted by atomic mass is 35.5. The van der Waals surface area contributed by atoms with E-state index in [0.29, 0.717) is 17.0 Å². The lowest BCUT2D eigenvalue weighted by Crippen LogP contribution is -2.40. The molecule has 0 saturated heterocycles. The molecule has 0 aromatic heterocycles. The number of rotatable bonds is 3. The molecule has 1 N–H and O–H groups in total. The molecule has 2 aliphatic heterocycles. The molecule has 2 aliphatic rings. The van der Waals surface area contributed by atoms with E-state index < -0.39 is 0 Å². The summed E-state index contributed by atoms with van der Waals surface area (Å²) in [4.78, 5) is 17.3. The van der Waals surface area contributed by atoms with Crippen LogP contribution in [0.4, 0.5) is 0 Å². The molecule has 2 heterocycles. The lowest BCUT2D eigenvalue weighted by molar-refractivity contribution is 0.0948. The van der Waals surface area contributed by atoms with Crippen molar-refractivity contribution in [3.8, 4) is 0 Å². The quantitative estimate of drug-likeness (QED) is 0.862. The lowest BCUT2D eigenvalue weighted by Gasteiger charge is -2.32. The van der Waals surface area contributed by atoms with Crippen LogP contribution >= 0.6 is 11.6 Å². The van der Waals surface area contributed by atoms with E-state index >= 15 is 0 Å². The molecule has 126 valence electrons. The van der Waals surface area contributed by atoms with E-state index in [1.54, 1.807) is 24.3 Å². The molecular formula is C19H17ClN4O. The zero-order valence-electron chi connectivity index (χ0n) is 13.5. The fraction of sp³-hybridized carbons (Fsp3) is 0.211. The summed E-state index contributed by atoms with van der Waals surface area (Å²) < 4.78 is 0. The van der Waals surface area contributed by atoms with E-state index in [0.717, 1.165) is 30.2 Å². The fourth-order valence-electron chi connectivity index (χ4n) is 3.14. The number of hydrazone groups is 1. The van der Waals surface area contributed by atoms with Crippen LogP contribution in [0.15, 0.2) is 58.6 Å². The number of hydrogen-bond donors (Lipinski definition) is 1. The number of carbonyl (C=O) groups excluding carboxylic acids is 1. The summed E-state index contributed by atoms with van der Waals surface area (Å²) in [6.45, 7) is 1.52. The highest BCUT2D eigenvalue weighted by Gasteiger charge is 2.31. The highest BCUT2D eigenvalue weighted by Crippen LogP contribution is 2.32. The first-order valence-electron chi connectivity index (χ1n) is 8.21. The average molecular weight is 353 g/mol. The van der Waals surface area contributed by atoms with Crippen molar-refractivity contribution >= 4 is 29.6 Å². The number of Topliss-reactive ketones (excluding diaryl/α,β-unsaturated/α-hetero) is 1. The third kappa shape index (κ3) is 3.15. The standard InChI is InChI=1S/C19H17ClN4O/c20-15-7-5-13(6-8-15)18(25)11-17-16-4-2-1-3-14(16)12-23-24(17)19-21-9-10-22-19/h1-8,12,17H,9-11H2,(H,21,22). The van der Waals surface area contributed by atoms with Gasteiger partial charge < -0.3 is 5.32 Å². The minimum atomic E-state index is -0.186. The Balaban J connectivity index is 1.66. The Bertz CT molecular complexity index is 860. The summed E-state index contributed by atoms with van der Waals surface area (Å²) in [7, 11) is 0. The van der Waals surface area contributed by atoms with Crippen molar-refractivity contribution in [2.24, 2.45) is 10.1 Å². The van der Waals surface area contributed by atoms with E-state index in [1.165, 1.54) is 0 Å². The van der Waals surface area contributed by atoms with Crippen molar-refractivity contribution in [1.82, 2.24) is 10.3 Å². The van der Waals surface area contributed by atoms with Crippen LogP contribution in [-0.2, 0) is 0 Å². The summed E-state index contributed by atoms with van der Waals surface area (Å²) in [6.07, 6.45) is 2.14. The van der Waals surface area contributed by atoms with Crippen LogP contribution in [0.5, 0.6) is 0 Å². The monoisotopic (exact) mass is 352 g/mol. The summed E-state index contributed by atoms with van der Waals surface area (Å²) in [5.41, 5.74) is 2.76. The first kappa shape index (κ1) is 15.8. The molecule has 25 heavy (non-hydrogen) atoms. The number of carbonyl (C=O) groups is 1. The van der Waals surface area contributed by atoms with Gasteiger partial charge in [-0.05, 0) is 35.4 Å². The van der Waals surface area contributed by atoms with Crippen molar-refractivity contribution in [2.75, 3.05) is 13.1 Å². The van der Waals surface area contributed by atoms with Gasteiger partial charge >= 0.3 is 0 Å². The molecule has 0 radical (unpaired) electrons. The SMILES string of the molecule is O=C(CC1c2ccccc2C=NN1C1=NCCN1)c1ccc(Cl)cc1. The molecule has 4 rings (SSSR count). The lowest BCUT2D eigenvalue weighted by atomic mass is 9.93. The maximum atomic E-state index is 12.8. The molecule has 0 bridgehead atoms.